The Labute approximate surface area is 376 Å². The zero-order valence-corrected chi connectivity index (χ0v) is 41.6. The van der Waals surface area contributed by atoms with Gasteiger partial charge in [-0.05, 0) is 47.3 Å². The molecule has 4 aliphatic rings. The van der Waals surface area contributed by atoms with Crippen molar-refractivity contribution in [2.75, 3.05) is 0 Å². The standard InChI is InChI=1S/C50H90N4O8/c1-25(2)37-17-33(18-38(51-37)26(3)4)59-47(55)45(48(56)60-34-19-39(27(5)6)52-40(20-34)28(7)8)46(49(57)61-35-21-41(29(9)10)53-42(22-35)30(11)12)50(58)62-36-23-43(31(13)14)54-44(24-36)32(15)16/h25-46,51-54H,17-24H2,1-16H3. The average molecular weight is 875 g/mol. The Bertz CT molecular complexity index is 1180. The van der Waals surface area contributed by atoms with Crippen molar-refractivity contribution < 1.29 is 38.1 Å². The van der Waals surface area contributed by atoms with Crippen LogP contribution in [0.1, 0.15) is 162 Å². The molecule has 0 aromatic rings. The van der Waals surface area contributed by atoms with E-state index < -0.39 is 60.1 Å². The second kappa shape index (κ2) is 23.3. The number of carbonyl (C=O) groups is 4. The molecule has 0 aromatic heterocycles. The second-order valence-electron chi connectivity index (χ2n) is 22.5. The number of hydrogen-bond donors (Lipinski definition) is 4. The zero-order valence-electron chi connectivity index (χ0n) is 41.6. The van der Waals surface area contributed by atoms with E-state index >= 15 is 19.2 Å². The van der Waals surface area contributed by atoms with Gasteiger partial charge in [0.2, 0.25) is 0 Å². The van der Waals surface area contributed by atoms with Gasteiger partial charge in [0.05, 0.1) is 0 Å². The van der Waals surface area contributed by atoms with E-state index in [9.17, 15) is 0 Å². The van der Waals surface area contributed by atoms with Gasteiger partial charge in [-0.1, -0.05) is 111 Å². The van der Waals surface area contributed by atoms with Gasteiger partial charge in [0, 0.05) is 99.7 Å². The van der Waals surface area contributed by atoms with Crippen molar-refractivity contribution in [3.05, 3.63) is 0 Å². The van der Waals surface area contributed by atoms with Gasteiger partial charge < -0.3 is 40.2 Å². The maximum Gasteiger partial charge on any atom is 0.322 e. The summed E-state index contributed by atoms with van der Waals surface area (Å²) in [6.07, 6.45) is 2.18. The molecule has 0 amide bonds. The molecule has 0 saturated carbocycles. The van der Waals surface area contributed by atoms with Gasteiger partial charge in [0.25, 0.3) is 0 Å². The summed E-state index contributed by atoms with van der Waals surface area (Å²) in [5.74, 6) is -5.42. The number of esters is 4. The monoisotopic (exact) mass is 875 g/mol. The van der Waals surface area contributed by atoms with Gasteiger partial charge in [-0.2, -0.15) is 0 Å². The van der Waals surface area contributed by atoms with Crippen LogP contribution in [0.5, 0.6) is 0 Å². The smallest absolute Gasteiger partial charge is 0.322 e. The molecule has 4 rings (SSSR count). The number of nitrogens with one attached hydrogen (secondary N) is 4. The lowest BCUT2D eigenvalue weighted by atomic mass is 9.84. The quantitative estimate of drug-likeness (QED) is 0.0647. The van der Waals surface area contributed by atoms with E-state index in [1.165, 1.54) is 0 Å². The van der Waals surface area contributed by atoms with Gasteiger partial charge >= 0.3 is 23.9 Å². The molecule has 0 spiro atoms. The lowest BCUT2D eigenvalue weighted by Gasteiger charge is -2.41. The second-order valence-corrected chi connectivity index (χ2v) is 22.5. The van der Waals surface area contributed by atoms with Crippen LogP contribution in [0.15, 0.2) is 0 Å². The van der Waals surface area contributed by atoms with Crippen molar-refractivity contribution in [1.29, 1.82) is 0 Å². The molecule has 4 N–H and O–H groups in total. The Morgan fingerprint density at radius 1 is 0.290 bits per heavy atom. The molecule has 8 unspecified atom stereocenters. The predicted molar refractivity (Wildman–Crippen MR) is 245 cm³/mol. The van der Waals surface area contributed by atoms with Crippen molar-refractivity contribution >= 4 is 23.9 Å². The minimum atomic E-state index is -1.91. The van der Waals surface area contributed by atoms with Crippen LogP contribution in [0.2, 0.25) is 0 Å². The van der Waals surface area contributed by atoms with Crippen molar-refractivity contribution in [3.63, 3.8) is 0 Å². The molecule has 0 aliphatic carbocycles. The zero-order chi connectivity index (χ0) is 46.3. The van der Waals surface area contributed by atoms with Crippen LogP contribution >= 0.6 is 0 Å². The Balaban J connectivity index is 1.78. The third kappa shape index (κ3) is 14.4. The highest BCUT2D eigenvalue weighted by Gasteiger charge is 2.52. The topological polar surface area (TPSA) is 153 Å². The van der Waals surface area contributed by atoms with E-state index in [4.69, 9.17) is 18.9 Å². The first-order valence-corrected chi connectivity index (χ1v) is 24.8. The SMILES string of the molecule is CC(C)C1CC(OC(=O)C(C(=O)OC2CC(C(C)C)NC(C(C)C)C2)C(C(=O)OC2CC(C(C)C)NC(C(C)C)C2)C(=O)OC2CC(C(C)C)NC(C(C)C)C2)CC(C(C)C)N1. The van der Waals surface area contributed by atoms with Crippen LogP contribution in [-0.4, -0.2) is 96.6 Å². The average Bonchev–Trinajstić information content (AvgIpc) is 3.18. The van der Waals surface area contributed by atoms with Gasteiger partial charge in [0.15, 0.2) is 11.8 Å². The summed E-state index contributed by atoms with van der Waals surface area (Å²) in [4.78, 5) is 60.0. The maximum atomic E-state index is 15.0. The van der Waals surface area contributed by atoms with Gasteiger partial charge in [0.1, 0.15) is 24.4 Å². The first-order chi connectivity index (χ1) is 28.9. The van der Waals surface area contributed by atoms with Gasteiger partial charge in [-0.25, -0.2) is 0 Å². The van der Waals surface area contributed by atoms with Crippen molar-refractivity contribution in [2.24, 2.45) is 59.2 Å². The first-order valence-electron chi connectivity index (χ1n) is 24.8. The fraction of sp³-hybridized carbons (Fsp3) is 0.920. The summed E-state index contributed by atoms with van der Waals surface area (Å²) in [5.41, 5.74) is 0. The number of piperidine rings is 4. The van der Waals surface area contributed by atoms with Crippen LogP contribution in [0.25, 0.3) is 0 Å². The Morgan fingerprint density at radius 2 is 0.419 bits per heavy atom. The summed E-state index contributed by atoms with van der Waals surface area (Å²) in [7, 11) is 0. The molecule has 4 heterocycles. The fourth-order valence-electron chi connectivity index (χ4n) is 10.1. The van der Waals surface area contributed by atoms with E-state index in [2.05, 4.69) is 132 Å². The molecule has 12 heteroatoms. The summed E-state index contributed by atoms with van der Waals surface area (Å²) < 4.78 is 25.5. The molecule has 4 fully saturated rings. The van der Waals surface area contributed by atoms with E-state index in [1.54, 1.807) is 0 Å². The number of rotatable bonds is 17. The first kappa shape index (κ1) is 52.3. The molecule has 8 atom stereocenters. The van der Waals surface area contributed by atoms with Crippen LogP contribution in [0, 0.1) is 59.2 Å². The third-order valence-electron chi connectivity index (χ3n) is 14.8. The molecular weight excluding hydrogens is 785 g/mol. The third-order valence-corrected chi connectivity index (χ3v) is 14.8. The van der Waals surface area contributed by atoms with Gasteiger partial charge in [-0.15, -0.1) is 0 Å². The molecule has 4 saturated heterocycles. The van der Waals surface area contributed by atoms with Gasteiger partial charge in [-0.3, -0.25) is 19.2 Å². The lowest BCUT2D eigenvalue weighted by molar-refractivity contribution is -0.189. The maximum absolute atomic E-state index is 15.0. The normalized spacial score (nSPS) is 33.4. The van der Waals surface area contributed by atoms with Crippen molar-refractivity contribution in [3.8, 4) is 0 Å². The number of hydrogen-bond acceptors (Lipinski definition) is 12. The summed E-state index contributed by atoms with van der Waals surface area (Å²) in [6, 6.07) is 0.601. The predicted octanol–water partition coefficient (Wildman–Crippen LogP) is 7.60. The molecule has 0 bridgehead atoms. The van der Waals surface area contributed by atoms with E-state index in [1.807, 2.05) is 0 Å². The molecular formula is C50H90N4O8. The van der Waals surface area contributed by atoms with Crippen molar-refractivity contribution in [2.45, 2.75) is 235 Å². The molecule has 12 nitrogen and oxygen atoms in total. The Morgan fingerprint density at radius 3 is 0.532 bits per heavy atom. The number of ether oxygens (including phenoxy) is 4. The molecule has 0 aromatic carbocycles. The van der Waals surface area contributed by atoms with Crippen molar-refractivity contribution in [1.82, 2.24) is 21.3 Å². The lowest BCUT2D eigenvalue weighted by Crippen LogP contribution is -2.56. The molecule has 0 radical (unpaired) electrons. The number of carbonyl (C=O) groups excluding carboxylic acids is 4. The Kier molecular flexibility index (Phi) is 19.6. The highest BCUT2D eigenvalue weighted by molar-refractivity contribution is 6.07. The van der Waals surface area contributed by atoms with E-state index in [-0.39, 0.29) is 95.7 Å². The largest absolute Gasteiger partial charge is 0.462 e. The molecule has 62 heavy (non-hydrogen) atoms. The van der Waals surface area contributed by atoms with Crippen LogP contribution in [0.3, 0.4) is 0 Å². The highest BCUT2D eigenvalue weighted by Crippen LogP contribution is 2.34. The summed E-state index contributed by atoms with van der Waals surface area (Å²) in [6.45, 7) is 34.2. The highest BCUT2D eigenvalue weighted by atomic mass is 16.6. The van der Waals surface area contributed by atoms with E-state index in [0.29, 0.717) is 51.4 Å². The van der Waals surface area contributed by atoms with Crippen LogP contribution in [0.4, 0.5) is 0 Å². The minimum absolute atomic E-state index is 0.0752. The molecule has 358 valence electrons. The fourth-order valence-corrected chi connectivity index (χ4v) is 10.1. The summed E-state index contributed by atoms with van der Waals surface area (Å²) in [5, 5.41) is 14.9. The minimum Gasteiger partial charge on any atom is -0.462 e. The van der Waals surface area contributed by atoms with Crippen LogP contribution in [-0.2, 0) is 38.1 Å². The Hall–Kier alpha value is -2.28. The van der Waals surface area contributed by atoms with Crippen LogP contribution < -0.4 is 21.3 Å². The van der Waals surface area contributed by atoms with E-state index in [0.717, 1.165) is 0 Å². The molecule has 4 aliphatic heterocycles. The summed E-state index contributed by atoms with van der Waals surface area (Å²) >= 11 is 0.